The van der Waals surface area contributed by atoms with Gasteiger partial charge in [0.25, 0.3) is 0 Å². The highest BCUT2D eigenvalue weighted by Crippen LogP contribution is 2.24. The Labute approximate surface area is 96.8 Å². The van der Waals surface area contributed by atoms with Gasteiger partial charge in [-0.1, -0.05) is 38.2 Å². The average molecular weight is 228 g/mol. The van der Waals surface area contributed by atoms with E-state index in [9.17, 15) is 4.21 Å². The number of hydrogen-bond acceptors (Lipinski definition) is 1. The van der Waals surface area contributed by atoms with Crippen molar-refractivity contribution in [1.82, 2.24) is 0 Å². The molecule has 0 amide bonds. The summed E-state index contributed by atoms with van der Waals surface area (Å²) in [6, 6.07) is 0. The summed E-state index contributed by atoms with van der Waals surface area (Å²) >= 11 is 0. The molecule has 0 heterocycles. The Morgan fingerprint density at radius 1 is 1.13 bits per heavy atom. The van der Waals surface area contributed by atoms with Gasteiger partial charge in [-0.25, -0.2) is 0 Å². The van der Waals surface area contributed by atoms with Crippen LogP contribution in [0.25, 0.3) is 0 Å². The van der Waals surface area contributed by atoms with E-state index in [1.807, 2.05) is 5.41 Å². The molecule has 0 radical (unpaired) electrons. The van der Waals surface area contributed by atoms with Crippen molar-refractivity contribution in [3.8, 4) is 0 Å². The molecule has 88 valence electrons. The van der Waals surface area contributed by atoms with E-state index >= 15 is 0 Å². The van der Waals surface area contributed by atoms with E-state index in [1.165, 1.54) is 56.9 Å². The van der Waals surface area contributed by atoms with Gasteiger partial charge in [0.05, 0.1) is 0 Å². The van der Waals surface area contributed by atoms with Crippen LogP contribution in [-0.2, 0) is 10.8 Å². The topological polar surface area (TPSA) is 17.1 Å². The third-order valence-corrected chi connectivity index (χ3v) is 4.28. The number of rotatable bonds is 7. The van der Waals surface area contributed by atoms with Crippen LogP contribution in [0.2, 0.25) is 0 Å². The molecule has 1 saturated carbocycles. The SMILES string of the molecule is CCCCCCCS(=O)C=C1CCCC1. The van der Waals surface area contributed by atoms with E-state index in [4.69, 9.17) is 0 Å². The van der Waals surface area contributed by atoms with Crippen LogP contribution in [0.5, 0.6) is 0 Å². The maximum atomic E-state index is 11.7. The lowest BCUT2D eigenvalue weighted by Crippen LogP contribution is -1.94. The smallest absolute Gasteiger partial charge is 0.0455 e. The third-order valence-electron chi connectivity index (χ3n) is 2.99. The van der Waals surface area contributed by atoms with Crippen molar-refractivity contribution in [3.63, 3.8) is 0 Å². The molecule has 1 aliphatic rings. The largest absolute Gasteiger partial charge is 0.255 e. The molecule has 1 rings (SSSR count). The average Bonchev–Trinajstić information content (AvgIpc) is 2.70. The van der Waals surface area contributed by atoms with Gasteiger partial charge in [-0.2, -0.15) is 0 Å². The summed E-state index contributed by atoms with van der Waals surface area (Å²) in [5, 5.41) is 2.03. The second-order valence-corrected chi connectivity index (χ2v) is 5.89. The van der Waals surface area contributed by atoms with E-state index in [-0.39, 0.29) is 0 Å². The molecule has 1 fully saturated rings. The van der Waals surface area contributed by atoms with Gasteiger partial charge in [-0.3, -0.25) is 4.21 Å². The molecule has 0 saturated heterocycles. The zero-order chi connectivity index (χ0) is 10.9. The Hall–Kier alpha value is -0.110. The van der Waals surface area contributed by atoms with Crippen molar-refractivity contribution >= 4 is 10.8 Å². The summed E-state index contributed by atoms with van der Waals surface area (Å²) in [7, 11) is -0.677. The molecular formula is C13H24OS. The van der Waals surface area contributed by atoms with Crippen LogP contribution in [0.4, 0.5) is 0 Å². The van der Waals surface area contributed by atoms with Gasteiger partial charge in [0, 0.05) is 22.0 Å². The van der Waals surface area contributed by atoms with Crippen LogP contribution < -0.4 is 0 Å². The van der Waals surface area contributed by atoms with Gasteiger partial charge >= 0.3 is 0 Å². The maximum absolute atomic E-state index is 11.7. The molecule has 0 N–H and O–H groups in total. The molecule has 1 unspecified atom stereocenters. The van der Waals surface area contributed by atoms with Crippen LogP contribution >= 0.6 is 0 Å². The molecule has 1 aliphatic carbocycles. The van der Waals surface area contributed by atoms with Gasteiger partial charge in [0.15, 0.2) is 0 Å². The molecule has 1 nitrogen and oxygen atoms in total. The molecule has 0 aliphatic heterocycles. The molecular weight excluding hydrogens is 204 g/mol. The molecule has 0 spiro atoms. The summed E-state index contributed by atoms with van der Waals surface area (Å²) in [4.78, 5) is 0. The second kappa shape index (κ2) is 8.09. The highest BCUT2D eigenvalue weighted by atomic mass is 32.2. The van der Waals surface area contributed by atoms with Crippen LogP contribution in [-0.4, -0.2) is 9.96 Å². The molecule has 2 heteroatoms. The molecule has 0 bridgehead atoms. The summed E-state index contributed by atoms with van der Waals surface area (Å²) < 4.78 is 11.7. The lowest BCUT2D eigenvalue weighted by molar-refractivity contribution is 0.649. The normalized spacial score (nSPS) is 18.1. The van der Waals surface area contributed by atoms with Crippen LogP contribution in [0.15, 0.2) is 11.0 Å². The Morgan fingerprint density at radius 2 is 1.80 bits per heavy atom. The van der Waals surface area contributed by atoms with Crippen molar-refractivity contribution in [1.29, 1.82) is 0 Å². The predicted molar refractivity (Wildman–Crippen MR) is 68.3 cm³/mol. The summed E-state index contributed by atoms with van der Waals surface area (Å²) in [5.41, 5.74) is 1.45. The molecule has 0 aromatic carbocycles. The molecule has 0 aromatic heterocycles. The van der Waals surface area contributed by atoms with Gasteiger partial charge < -0.3 is 0 Å². The minimum absolute atomic E-state index is 0.677. The maximum Gasteiger partial charge on any atom is 0.0455 e. The standard InChI is InChI=1S/C13H24OS/c1-2-3-4-5-8-11-15(14)12-13-9-6-7-10-13/h12H,2-11H2,1H3. The third kappa shape index (κ3) is 6.14. The first-order valence-corrected chi connectivity index (χ1v) is 7.78. The van der Waals surface area contributed by atoms with Crippen LogP contribution in [0, 0.1) is 0 Å². The van der Waals surface area contributed by atoms with Crippen molar-refractivity contribution in [2.24, 2.45) is 0 Å². The monoisotopic (exact) mass is 228 g/mol. The van der Waals surface area contributed by atoms with Gasteiger partial charge in [-0.15, -0.1) is 0 Å². The van der Waals surface area contributed by atoms with Crippen molar-refractivity contribution in [3.05, 3.63) is 11.0 Å². The van der Waals surface area contributed by atoms with E-state index in [2.05, 4.69) is 6.92 Å². The van der Waals surface area contributed by atoms with Crippen molar-refractivity contribution < 1.29 is 4.21 Å². The fraction of sp³-hybridized carbons (Fsp3) is 0.846. The quantitative estimate of drug-likeness (QED) is 0.598. The van der Waals surface area contributed by atoms with E-state index in [0.717, 1.165) is 12.2 Å². The second-order valence-electron chi connectivity index (χ2n) is 4.48. The van der Waals surface area contributed by atoms with Gasteiger partial charge in [-0.05, 0) is 32.1 Å². The van der Waals surface area contributed by atoms with Crippen molar-refractivity contribution in [2.45, 2.75) is 64.7 Å². The van der Waals surface area contributed by atoms with Gasteiger partial charge in [0.1, 0.15) is 0 Å². The van der Waals surface area contributed by atoms with Gasteiger partial charge in [0.2, 0.25) is 0 Å². The zero-order valence-corrected chi connectivity index (χ0v) is 10.8. The summed E-state index contributed by atoms with van der Waals surface area (Å²) in [6.45, 7) is 2.22. The lowest BCUT2D eigenvalue weighted by atomic mass is 10.2. The summed E-state index contributed by atoms with van der Waals surface area (Å²) in [6.07, 6.45) is 11.3. The van der Waals surface area contributed by atoms with E-state index in [1.54, 1.807) is 0 Å². The molecule has 15 heavy (non-hydrogen) atoms. The minimum Gasteiger partial charge on any atom is -0.255 e. The van der Waals surface area contributed by atoms with Crippen LogP contribution in [0.1, 0.15) is 64.7 Å². The summed E-state index contributed by atoms with van der Waals surface area (Å²) in [5.74, 6) is 0.882. The first-order valence-electron chi connectivity index (χ1n) is 6.39. The Kier molecular flexibility index (Phi) is 6.99. The molecule has 1 atom stereocenters. The van der Waals surface area contributed by atoms with Crippen LogP contribution in [0.3, 0.4) is 0 Å². The minimum atomic E-state index is -0.677. The highest BCUT2D eigenvalue weighted by molar-refractivity contribution is 7.87. The first kappa shape index (κ1) is 13.0. The molecule has 0 aromatic rings. The first-order chi connectivity index (χ1) is 7.33. The fourth-order valence-electron chi connectivity index (χ4n) is 2.04. The highest BCUT2D eigenvalue weighted by Gasteiger charge is 2.07. The number of hydrogen-bond donors (Lipinski definition) is 0. The fourth-order valence-corrected chi connectivity index (χ4v) is 3.25. The number of allylic oxidation sites excluding steroid dienone is 1. The Balaban J connectivity index is 2.05. The Bertz CT molecular complexity index is 213. The lowest BCUT2D eigenvalue weighted by Gasteiger charge is -1.99. The predicted octanol–water partition coefficient (Wildman–Crippen LogP) is 4.16. The van der Waals surface area contributed by atoms with E-state index in [0.29, 0.717) is 0 Å². The zero-order valence-electron chi connectivity index (χ0n) is 9.96. The van der Waals surface area contributed by atoms with E-state index < -0.39 is 10.8 Å². The Morgan fingerprint density at radius 3 is 2.47 bits per heavy atom. The number of unbranched alkanes of at least 4 members (excludes halogenated alkanes) is 4. The van der Waals surface area contributed by atoms with Crippen molar-refractivity contribution in [2.75, 3.05) is 5.75 Å².